The maximum absolute atomic E-state index is 11.8. The Hall–Kier alpha value is -1.09. The first-order chi connectivity index (χ1) is 12.1. The van der Waals surface area contributed by atoms with Gasteiger partial charge in [0.1, 0.15) is 24.4 Å². The van der Waals surface area contributed by atoms with Gasteiger partial charge >= 0.3 is 0 Å². The van der Waals surface area contributed by atoms with Crippen LogP contribution >= 0.6 is 0 Å². The minimum atomic E-state index is -1.46. The highest BCUT2D eigenvalue weighted by atomic mass is 16.7. The Morgan fingerprint density at radius 3 is 2.54 bits per heavy atom. The van der Waals surface area contributed by atoms with Crippen LogP contribution in [0.5, 0.6) is 0 Å². The normalized spacial score (nSPS) is 39.1. The highest BCUT2D eigenvalue weighted by molar-refractivity contribution is 5.92. The summed E-state index contributed by atoms with van der Waals surface area (Å²) in [6.45, 7) is 7.28. The minimum Gasteiger partial charge on any atom is -0.394 e. The average molecular weight is 370 g/mol. The van der Waals surface area contributed by atoms with Crippen LogP contribution in [0.2, 0.25) is 0 Å². The topological polar surface area (TPSA) is 116 Å². The summed E-state index contributed by atoms with van der Waals surface area (Å²) in [7, 11) is 0. The second-order valence-corrected chi connectivity index (χ2v) is 7.92. The molecule has 7 nitrogen and oxygen atoms in total. The predicted octanol–water partition coefficient (Wildman–Crippen LogP) is 0.309. The summed E-state index contributed by atoms with van der Waals surface area (Å²) >= 11 is 0. The summed E-state index contributed by atoms with van der Waals surface area (Å²) in [4.78, 5) is 11.8. The highest BCUT2D eigenvalue weighted by Crippen LogP contribution is 2.40. The van der Waals surface area contributed by atoms with Gasteiger partial charge in [-0.2, -0.15) is 0 Å². The van der Waals surface area contributed by atoms with Crippen LogP contribution in [0.15, 0.2) is 23.8 Å². The van der Waals surface area contributed by atoms with Crippen LogP contribution in [0, 0.1) is 11.3 Å². The molecule has 148 valence electrons. The fourth-order valence-electron chi connectivity index (χ4n) is 3.69. The summed E-state index contributed by atoms with van der Waals surface area (Å²) in [5.41, 5.74) is 0.789. The number of aliphatic hydroxyl groups excluding tert-OH is 4. The van der Waals surface area contributed by atoms with Crippen molar-refractivity contribution in [2.75, 3.05) is 6.61 Å². The molecule has 7 atom stereocenters. The Bertz CT molecular complexity index is 566. The summed E-state index contributed by atoms with van der Waals surface area (Å²) < 4.78 is 11.0. The number of aliphatic hydroxyl groups is 4. The number of carbonyl (C=O) groups is 1. The van der Waals surface area contributed by atoms with Gasteiger partial charge in [-0.1, -0.05) is 31.6 Å². The fourth-order valence-corrected chi connectivity index (χ4v) is 3.69. The van der Waals surface area contributed by atoms with Crippen molar-refractivity contribution in [2.45, 2.75) is 70.9 Å². The lowest BCUT2D eigenvalue weighted by Crippen LogP contribution is -2.59. The Labute approximate surface area is 153 Å². The van der Waals surface area contributed by atoms with Gasteiger partial charge in [0.25, 0.3) is 0 Å². The van der Waals surface area contributed by atoms with Gasteiger partial charge in [0.15, 0.2) is 12.1 Å². The van der Waals surface area contributed by atoms with E-state index in [0.29, 0.717) is 6.42 Å². The predicted molar refractivity (Wildman–Crippen MR) is 94.1 cm³/mol. The molecule has 1 fully saturated rings. The molecule has 0 radical (unpaired) electrons. The Morgan fingerprint density at radius 2 is 1.96 bits per heavy atom. The third-order valence-electron chi connectivity index (χ3n) is 5.12. The van der Waals surface area contributed by atoms with E-state index in [1.807, 2.05) is 32.9 Å². The lowest BCUT2D eigenvalue weighted by atomic mass is 9.68. The van der Waals surface area contributed by atoms with E-state index in [0.717, 1.165) is 5.57 Å². The smallest absolute Gasteiger partial charge is 0.187 e. The van der Waals surface area contributed by atoms with Crippen molar-refractivity contribution >= 4 is 5.78 Å². The molecule has 0 bridgehead atoms. The van der Waals surface area contributed by atoms with Gasteiger partial charge in [-0.15, -0.1) is 0 Å². The molecule has 1 saturated heterocycles. The molecule has 7 heteroatoms. The second-order valence-electron chi connectivity index (χ2n) is 7.92. The van der Waals surface area contributed by atoms with Crippen molar-refractivity contribution in [1.29, 1.82) is 0 Å². The van der Waals surface area contributed by atoms with Crippen molar-refractivity contribution in [3.63, 3.8) is 0 Å². The summed E-state index contributed by atoms with van der Waals surface area (Å²) in [6.07, 6.45) is -0.958. The van der Waals surface area contributed by atoms with Gasteiger partial charge in [0.05, 0.1) is 12.7 Å². The van der Waals surface area contributed by atoms with E-state index in [1.165, 1.54) is 0 Å². The minimum absolute atomic E-state index is 0.0843. The van der Waals surface area contributed by atoms with Crippen molar-refractivity contribution in [1.82, 2.24) is 0 Å². The lowest BCUT2D eigenvalue weighted by molar-refractivity contribution is -0.306. The number of hydrogen-bond acceptors (Lipinski definition) is 7. The Balaban J connectivity index is 2.03. The van der Waals surface area contributed by atoms with Gasteiger partial charge in [0, 0.05) is 12.3 Å². The molecular weight excluding hydrogens is 340 g/mol. The van der Waals surface area contributed by atoms with E-state index >= 15 is 0 Å². The molecule has 7 unspecified atom stereocenters. The van der Waals surface area contributed by atoms with Crippen molar-refractivity contribution in [2.24, 2.45) is 11.3 Å². The van der Waals surface area contributed by atoms with Crippen LogP contribution < -0.4 is 0 Å². The Kier molecular flexibility index (Phi) is 6.76. The molecule has 0 amide bonds. The lowest BCUT2D eigenvalue weighted by Gasteiger charge is -2.40. The summed E-state index contributed by atoms with van der Waals surface area (Å²) in [5.74, 6) is 0.212. The van der Waals surface area contributed by atoms with E-state index in [1.54, 1.807) is 13.0 Å². The molecule has 1 heterocycles. The molecule has 0 aromatic heterocycles. The Morgan fingerprint density at radius 1 is 1.31 bits per heavy atom. The molecule has 0 aromatic carbocycles. The first-order valence-corrected chi connectivity index (χ1v) is 8.92. The SMILES string of the molecule is CC1=CC(=O)CC(C)(C)C1/C=C/C(C)OC1OC(CO)C(O)C(O)C1O. The fraction of sp³-hybridized carbons (Fsp3) is 0.737. The molecule has 0 spiro atoms. The molecule has 1 aliphatic carbocycles. The number of hydrogen-bond donors (Lipinski definition) is 4. The van der Waals surface area contributed by atoms with Crippen LogP contribution in [-0.2, 0) is 14.3 Å². The van der Waals surface area contributed by atoms with E-state index in [-0.39, 0.29) is 17.1 Å². The molecule has 1 aliphatic heterocycles. The number of rotatable bonds is 5. The zero-order chi connectivity index (χ0) is 19.6. The summed E-state index contributed by atoms with van der Waals surface area (Å²) in [5, 5.41) is 38.9. The second kappa shape index (κ2) is 8.29. The molecule has 0 saturated carbocycles. The quantitative estimate of drug-likeness (QED) is 0.515. The maximum atomic E-state index is 11.8. The van der Waals surface area contributed by atoms with Gasteiger partial charge in [-0.3, -0.25) is 4.79 Å². The summed E-state index contributed by atoms with van der Waals surface area (Å²) in [6, 6.07) is 0. The molecule has 0 aromatic rings. The van der Waals surface area contributed by atoms with Crippen LogP contribution in [0.1, 0.15) is 34.1 Å². The van der Waals surface area contributed by atoms with Gasteiger partial charge < -0.3 is 29.9 Å². The van der Waals surface area contributed by atoms with E-state index < -0.39 is 43.4 Å². The molecule has 2 rings (SSSR count). The molecule has 4 N–H and O–H groups in total. The highest BCUT2D eigenvalue weighted by Gasteiger charge is 2.44. The average Bonchev–Trinajstić information content (AvgIpc) is 2.53. The van der Waals surface area contributed by atoms with Gasteiger partial charge in [0.2, 0.25) is 0 Å². The number of ketones is 1. The van der Waals surface area contributed by atoms with Crippen molar-refractivity contribution < 1.29 is 34.7 Å². The largest absolute Gasteiger partial charge is 0.394 e. The number of allylic oxidation sites excluding steroid dienone is 3. The molecular formula is C19H30O7. The van der Waals surface area contributed by atoms with Crippen LogP contribution in [0.3, 0.4) is 0 Å². The van der Waals surface area contributed by atoms with Crippen LogP contribution in [0.25, 0.3) is 0 Å². The standard InChI is InChI=1S/C19H30O7/c1-10-7-12(21)8-19(3,4)13(10)6-5-11(2)25-18-17(24)16(23)15(22)14(9-20)26-18/h5-7,11,13-18,20,22-24H,8-9H2,1-4H3/b6-5+. The first-order valence-electron chi connectivity index (χ1n) is 8.92. The number of carbonyl (C=O) groups excluding carboxylic acids is 1. The maximum Gasteiger partial charge on any atom is 0.187 e. The van der Waals surface area contributed by atoms with Gasteiger partial charge in [-0.05, 0) is 25.3 Å². The molecule has 2 aliphatic rings. The van der Waals surface area contributed by atoms with Crippen molar-refractivity contribution in [3.05, 3.63) is 23.8 Å². The van der Waals surface area contributed by atoms with E-state index in [2.05, 4.69) is 0 Å². The van der Waals surface area contributed by atoms with Crippen LogP contribution in [0.4, 0.5) is 0 Å². The third-order valence-corrected chi connectivity index (χ3v) is 5.12. The zero-order valence-corrected chi connectivity index (χ0v) is 15.7. The van der Waals surface area contributed by atoms with Crippen molar-refractivity contribution in [3.8, 4) is 0 Å². The van der Waals surface area contributed by atoms with Crippen LogP contribution in [-0.4, -0.2) is 69.6 Å². The zero-order valence-electron chi connectivity index (χ0n) is 15.7. The number of ether oxygens (including phenoxy) is 2. The van der Waals surface area contributed by atoms with E-state index in [9.17, 15) is 25.2 Å². The third kappa shape index (κ3) is 4.60. The molecule has 26 heavy (non-hydrogen) atoms. The van der Waals surface area contributed by atoms with E-state index in [4.69, 9.17) is 9.47 Å². The monoisotopic (exact) mass is 370 g/mol. The van der Waals surface area contributed by atoms with Gasteiger partial charge in [-0.25, -0.2) is 0 Å². The first kappa shape index (κ1) is 21.2.